The van der Waals surface area contributed by atoms with Crippen molar-refractivity contribution in [3.63, 3.8) is 0 Å². The van der Waals surface area contributed by atoms with Crippen LogP contribution in [0.4, 0.5) is 0 Å². The van der Waals surface area contributed by atoms with E-state index in [1.54, 1.807) is 0 Å². The van der Waals surface area contributed by atoms with Crippen molar-refractivity contribution in [3.8, 4) is 0 Å². The summed E-state index contributed by atoms with van der Waals surface area (Å²) in [6, 6.07) is 0. The molecule has 3 N–H and O–H groups in total. The monoisotopic (exact) mass is 327 g/mol. The summed E-state index contributed by atoms with van der Waals surface area (Å²) < 4.78 is 0. The van der Waals surface area contributed by atoms with Crippen molar-refractivity contribution < 1.29 is 5.11 Å². The van der Waals surface area contributed by atoms with E-state index >= 15 is 0 Å². The van der Waals surface area contributed by atoms with Crippen LogP contribution in [-0.4, -0.2) is 10.8 Å². The molecule has 140 valence electrons. The lowest BCUT2D eigenvalue weighted by Gasteiger charge is -2.22. The molecule has 2 nitrogen and oxygen atoms in total. The van der Waals surface area contributed by atoms with Crippen molar-refractivity contribution in [2.45, 2.75) is 135 Å². The lowest BCUT2D eigenvalue weighted by molar-refractivity contribution is 0.0259. The Morgan fingerprint density at radius 3 is 1.22 bits per heavy atom. The van der Waals surface area contributed by atoms with Crippen LogP contribution < -0.4 is 5.73 Å². The molecule has 0 spiro atoms. The maximum absolute atomic E-state index is 9.90. The van der Waals surface area contributed by atoms with Gasteiger partial charge in [-0.25, -0.2) is 0 Å². The van der Waals surface area contributed by atoms with E-state index in [9.17, 15) is 5.11 Å². The first kappa shape index (κ1) is 22.9. The summed E-state index contributed by atoms with van der Waals surface area (Å²) in [6.45, 7) is 4.36. The average molecular weight is 328 g/mol. The van der Waals surface area contributed by atoms with E-state index in [4.69, 9.17) is 5.73 Å². The maximum atomic E-state index is 9.90. The van der Waals surface area contributed by atoms with E-state index in [1.807, 2.05) is 0 Å². The third-order valence-electron chi connectivity index (χ3n) is 4.90. The average Bonchev–Trinajstić information content (AvgIpc) is 2.51. The Morgan fingerprint density at radius 2 is 0.870 bits per heavy atom. The fraction of sp³-hybridized carbons (Fsp3) is 1.00. The smallest absolute Gasteiger partial charge is 0.113 e. The third-order valence-corrected chi connectivity index (χ3v) is 4.90. The molecule has 0 aromatic heterocycles. The summed E-state index contributed by atoms with van der Waals surface area (Å²) in [5, 5.41) is 9.90. The molecule has 0 fully saturated rings. The van der Waals surface area contributed by atoms with Gasteiger partial charge in [0, 0.05) is 0 Å². The maximum Gasteiger partial charge on any atom is 0.113 e. The van der Waals surface area contributed by atoms with Crippen molar-refractivity contribution in [1.29, 1.82) is 0 Å². The highest BCUT2D eigenvalue weighted by atomic mass is 16.3. The Labute approximate surface area is 146 Å². The van der Waals surface area contributed by atoms with Gasteiger partial charge in [-0.2, -0.15) is 0 Å². The normalized spacial score (nSPS) is 14.1. The van der Waals surface area contributed by atoms with Gasteiger partial charge < -0.3 is 10.8 Å². The number of hydrogen-bond acceptors (Lipinski definition) is 2. The van der Waals surface area contributed by atoms with Gasteiger partial charge in [-0.1, -0.05) is 110 Å². The van der Waals surface area contributed by atoms with E-state index in [1.165, 1.54) is 89.9 Å². The Bertz CT molecular complexity index is 228. The fourth-order valence-corrected chi connectivity index (χ4v) is 3.36. The van der Waals surface area contributed by atoms with Crippen LogP contribution in [0.15, 0.2) is 0 Å². The zero-order chi connectivity index (χ0) is 17.2. The number of hydrogen-bond donors (Lipinski definition) is 2. The predicted octanol–water partition coefficient (Wildman–Crippen LogP) is 6.70. The minimum atomic E-state index is -0.911. The largest absolute Gasteiger partial charge is 0.376 e. The molecule has 0 aromatic carbocycles. The van der Waals surface area contributed by atoms with Gasteiger partial charge in [0.05, 0.1) is 0 Å². The Hall–Kier alpha value is -0.0800. The number of nitrogens with two attached hydrogens (primary N) is 1. The van der Waals surface area contributed by atoms with Crippen LogP contribution in [0.2, 0.25) is 0 Å². The second kappa shape index (κ2) is 16.8. The van der Waals surface area contributed by atoms with Crippen LogP contribution >= 0.6 is 0 Å². The minimum absolute atomic E-state index is 0.728. The molecule has 0 radical (unpaired) electrons. The molecule has 0 aliphatic carbocycles. The number of aliphatic hydroxyl groups is 1. The highest BCUT2D eigenvalue weighted by Gasteiger charge is 2.18. The fourth-order valence-electron chi connectivity index (χ4n) is 3.36. The van der Waals surface area contributed by atoms with E-state index in [0.717, 1.165) is 25.7 Å². The lowest BCUT2D eigenvalue weighted by Crippen LogP contribution is -2.39. The van der Waals surface area contributed by atoms with E-state index < -0.39 is 5.72 Å². The predicted molar refractivity (Wildman–Crippen MR) is 104 cm³/mol. The highest BCUT2D eigenvalue weighted by Crippen LogP contribution is 2.17. The summed E-state index contributed by atoms with van der Waals surface area (Å²) in [5.74, 6) is 0. The molecule has 0 heterocycles. The molecule has 1 unspecified atom stereocenters. The van der Waals surface area contributed by atoms with Crippen molar-refractivity contribution >= 4 is 0 Å². The van der Waals surface area contributed by atoms with Gasteiger partial charge in [0.25, 0.3) is 0 Å². The first-order valence-electron chi connectivity index (χ1n) is 10.6. The van der Waals surface area contributed by atoms with Crippen LogP contribution in [0, 0.1) is 0 Å². The van der Waals surface area contributed by atoms with Crippen molar-refractivity contribution in [2.24, 2.45) is 5.73 Å². The Balaban J connectivity index is 3.11. The second-order valence-corrected chi connectivity index (χ2v) is 7.55. The molecule has 0 amide bonds. The van der Waals surface area contributed by atoms with Crippen LogP contribution in [0.1, 0.15) is 129 Å². The first-order chi connectivity index (χ1) is 11.1. The van der Waals surface area contributed by atoms with Crippen molar-refractivity contribution in [3.05, 3.63) is 0 Å². The molecule has 0 rings (SSSR count). The molecule has 0 saturated heterocycles. The first-order valence-corrected chi connectivity index (χ1v) is 10.6. The van der Waals surface area contributed by atoms with Gasteiger partial charge >= 0.3 is 0 Å². The zero-order valence-corrected chi connectivity index (χ0v) is 16.3. The summed E-state index contributed by atoms with van der Waals surface area (Å²) in [6.07, 6.45) is 23.1. The zero-order valence-electron chi connectivity index (χ0n) is 16.3. The number of rotatable bonds is 18. The third kappa shape index (κ3) is 18.1. The molecule has 0 saturated carbocycles. The highest BCUT2D eigenvalue weighted by molar-refractivity contribution is 4.69. The molecular weight excluding hydrogens is 282 g/mol. The molecule has 0 aliphatic rings. The van der Waals surface area contributed by atoms with Gasteiger partial charge in [0.2, 0.25) is 0 Å². The topological polar surface area (TPSA) is 46.2 Å². The van der Waals surface area contributed by atoms with Crippen molar-refractivity contribution in [2.75, 3.05) is 0 Å². The van der Waals surface area contributed by atoms with Crippen LogP contribution in [0.3, 0.4) is 0 Å². The molecule has 23 heavy (non-hydrogen) atoms. The summed E-state index contributed by atoms with van der Waals surface area (Å²) >= 11 is 0. The van der Waals surface area contributed by atoms with Gasteiger partial charge in [0.15, 0.2) is 0 Å². The van der Waals surface area contributed by atoms with E-state index in [2.05, 4.69) is 13.8 Å². The number of unbranched alkanes of at least 4 members (excludes halogenated alkanes) is 14. The molecule has 2 heteroatoms. The molecule has 0 aromatic rings. The van der Waals surface area contributed by atoms with Crippen LogP contribution in [-0.2, 0) is 0 Å². The van der Waals surface area contributed by atoms with Gasteiger partial charge in [-0.05, 0) is 19.3 Å². The standard InChI is InChI=1S/C21H45NO/c1-3-5-6-7-8-9-10-11-12-13-14-15-16-17-18-20-21(22,23)19-4-2/h23H,3-20,22H2,1-2H3. The Kier molecular flexibility index (Phi) is 16.7. The van der Waals surface area contributed by atoms with E-state index in [0.29, 0.717) is 0 Å². The minimum Gasteiger partial charge on any atom is -0.376 e. The van der Waals surface area contributed by atoms with Crippen molar-refractivity contribution in [1.82, 2.24) is 0 Å². The second-order valence-electron chi connectivity index (χ2n) is 7.55. The van der Waals surface area contributed by atoms with Crippen LogP contribution in [0.25, 0.3) is 0 Å². The van der Waals surface area contributed by atoms with Gasteiger partial charge in [-0.3, -0.25) is 0 Å². The van der Waals surface area contributed by atoms with E-state index in [-0.39, 0.29) is 0 Å². The molecule has 0 aliphatic heterocycles. The quantitative estimate of drug-likeness (QED) is 0.217. The molecular formula is C21H45NO. The van der Waals surface area contributed by atoms with Crippen LogP contribution in [0.5, 0.6) is 0 Å². The van der Waals surface area contributed by atoms with Gasteiger partial charge in [0.1, 0.15) is 5.72 Å². The Morgan fingerprint density at radius 1 is 0.522 bits per heavy atom. The summed E-state index contributed by atoms with van der Waals surface area (Å²) in [4.78, 5) is 0. The summed E-state index contributed by atoms with van der Waals surface area (Å²) in [7, 11) is 0. The van der Waals surface area contributed by atoms with Gasteiger partial charge in [-0.15, -0.1) is 0 Å². The molecule has 0 bridgehead atoms. The molecule has 1 atom stereocenters. The summed E-state index contributed by atoms with van der Waals surface area (Å²) in [5.41, 5.74) is 4.93. The SMILES string of the molecule is CCCCCCCCCCCCCCCCCC(N)(O)CCC. The lowest BCUT2D eigenvalue weighted by atomic mass is 9.99.